The van der Waals surface area contributed by atoms with E-state index in [9.17, 15) is 22.4 Å². The summed E-state index contributed by atoms with van der Waals surface area (Å²) in [6.45, 7) is 1.35. The van der Waals surface area contributed by atoms with Crippen LogP contribution in [-0.2, 0) is 27.4 Å². The van der Waals surface area contributed by atoms with Crippen molar-refractivity contribution in [2.75, 3.05) is 20.3 Å². The van der Waals surface area contributed by atoms with E-state index in [1.54, 1.807) is 4.90 Å². The van der Waals surface area contributed by atoms with Crippen molar-refractivity contribution in [1.82, 2.24) is 14.5 Å². The van der Waals surface area contributed by atoms with Crippen LogP contribution in [0.2, 0.25) is 0 Å². The lowest BCUT2D eigenvalue weighted by Crippen LogP contribution is -2.40. The standard InChI is InChI=1S/C16H18FN3O3.C2HF3O2/c1-22-11-15(21)20-8-12-4-3-7-19(12)9-13(10-20)23-16-14(17)5-2-6-18-16;3-2(4,5)1(6)7/h2-7,13H,8-11H2,1H3;(H,6,7). The number of aromatic nitrogens is 2. The second kappa shape index (κ2) is 10.1. The van der Waals surface area contributed by atoms with Crippen LogP contribution in [-0.4, -0.2) is 64.0 Å². The van der Waals surface area contributed by atoms with Gasteiger partial charge in [0.25, 0.3) is 5.88 Å². The van der Waals surface area contributed by atoms with Gasteiger partial charge in [-0.15, -0.1) is 0 Å². The molecule has 1 N–H and O–H groups in total. The minimum Gasteiger partial charge on any atom is -0.475 e. The van der Waals surface area contributed by atoms with E-state index in [1.165, 1.54) is 25.4 Å². The number of halogens is 4. The van der Waals surface area contributed by atoms with Crippen LogP contribution in [0, 0.1) is 5.82 Å². The summed E-state index contributed by atoms with van der Waals surface area (Å²) >= 11 is 0. The van der Waals surface area contributed by atoms with Crippen LogP contribution in [0.5, 0.6) is 5.88 Å². The molecule has 0 aliphatic carbocycles. The Labute approximate surface area is 168 Å². The number of nitrogens with zero attached hydrogens (tertiary/aromatic N) is 3. The largest absolute Gasteiger partial charge is 0.490 e. The molecule has 30 heavy (non-hydrogen) atoms. The van der Waals surface area contributed by atoms with Gasteiger partial charge in [-0.05, 0) is 24.3 Å². The summed E-state index contributed by atoms with van der Waals surface area (Å²) in [6, 6.07) is 6.68. The predicted molar refractivity (Wildman–Crippen MR) is 94.0 cm³/mol. The molecule has 0 saturated heterocycles. The van der Waals surface area contributed by atoms with Gasteiger partial charge in [-0.25, -0.2) is 14.2 Å². The molecule has 1 unspecified atom stereocenters. The van der Waals surface area contributed by atoms with Crippen LogP contribution >= 0.6 is 0 Å². The predicted octanol–water partition coefficient (Wildman–Crippen LogP) is 2.09. The molecule has 0 bridgehead atoms. The van der Waals surface area contributed by atoms with Gasteiger partial charge < -0.3 is 24.0 Å². The van der Waals surface area contributed by atoms with E-state index in [0.717, 1.165) is 5.69 Å². The summed E-state index contributed by atoms with van der Waals surface area (Å²) in [5.74, 6) is -3.45. The van der Waals surface area contributed by atoms with Crippen molar-refractivity contribution in [1.29, 1.82) is 0 Å². The number of carbonyl (C=O) groups excluding carboxylic acids is 1. The van der Waals surface area contributed by atoms with Gasteiger partial charge in [0, 0.05) is 25.2 Å². The number of carboxylic acids is 1. The summed E-state index contributed by atoms with van der Waals surface area (Å²) in [6.07, 6.45) is -2.08. The zero-order chi connectivity index (χ0) is 22.3. The number of alkyl halides is 3. The maximum atomic E-state index is 13.8. The highest BCUT2D eigenvalue weighted by molar-refractivity contribution is 5.77. The first-order chi connectivity index (χ1) is 14.1. The van der Waals surface area contributed by atoms with Crippen molar-refractivity contribution in [2.24, 2.45) is 0 Å². The van der Waals surface area contributed by atoms with Crippen molar-refractivity contribution in [3.63, 3.8) is 0 Å². The van der Waals surface area contributed by atoms with Gasteiger partial charge in [0.2, 0.25) is 5.91 Å². The lowest BCUT2D eigenvalue weighted by molar-refractivity contribution is -0.192. The molecule has 1 atom stereocenters. The third-order valence-electron chi connectivity index (χ3n) is 3.97. The third-order valence-corrected chi connectivity index (χ3v) is 3.97. The molecule has 12 heteroatoms. The molecule has 1 aliphatic rings. The smallest absolute Gasteiger partial charge is 0.475 e. The molecular weight excluding hydrogens is 414 g/mol. The van der Waals surface area contributed by atoms with E-state index >= 15 is 0 Å². The number of carboxylic acid groups (broad SMARTS) is 1. The molecule has 0 saturated carbocycles. The first-order valence-electron chi connectivity index (χ1n) is 8.59. The Hall–Kier alpha value is -3.15. The average molecular weight is 433 g/mol. The van der Waals surface area contributed by atoms with Crippen LogP contribution < -0.4 is 4.74 Å². The third kappa shape index (κ3) is 6.44. The molecule has 3 rings (SSSR count). The number of carbonyl (C=O) groups is 2. The second-order valence-corrected chi connectivity index (χ2v) is 6.19. The minimum atomic E-state index is -5.08. The molecule has 2 aromatic heterocycles. The van der Waals surface area contributed by atoms with Crippen LogP contribution in [0.3, 0.4) is 0 Å². The monoisotopic (exact) mass is 433 g/mol. The van der Waals surface area contributed by atoms with E-state index in [4.69, 9.17) is 19.4 Å². The highest BCUT2D eigenvalue weighted by Gasteiger charge is 2.38. The second-order valence-electron chi connectivity index (χ2n) is 6.19. The van der Waals surface area contributed by atoms with Crippen molar-refractivity contribution < 1.29 is 41.7 Å². The molecule has 164 valence electrons. The first kappa shape index (κ1) is 23.1. The Morgan fingerprint density at radius 1 is 1.27 bits per heavy atom. The quantitative estimate of drug-likeness (QED) is 0.743. The van der Waals surface area contributed by atoms with Gasteiger partial charge in [-0.1, -0.05) is 0 Å². The molecule has 1 aliphatic heterocycles. The van der Waals surface area contributed by atoms with Crippen LogP contribution in [0.4, 0.5) is 17.6 Å². The number of aliphatic carboxylic acids is 1. The van der Waals surface area contributed by atoms with Crippen LogP contribution in [0.1, 0.15) is 5.69 Å². The lowest BCUT2D eigenvalue weighted by Gasteiger charge is -2.24. The normalized spacial score (nSPS) is 16.0. The van der Waals surface area contributed by atoms with E-state index in [0.29, 0.717) is 19.6 Å². The fourth-order valence-electron chi connectivity index (χ4n) is 2.65. The number of methoxy groups -OCH3 is 1. The van der Waals surface area contributed by atoms with E-state index < -0.39 is 24.1 Å². The maximum Gasteiger partial charge on any atom is 0.490 e. The fourth-order valence-corrected chi connectivity index (χ4v) is 2.65. The van der Waals surface area contributed by atoms with Gasteiger partial charge in [-0.2, -0.15) is 13.2 Å². The molecule has 0 aromatic carbocycles. The van der Waals surface area contributed by atoms with Crippen molar-refractivity contribution in [2.45, 2.75) is 25.4 Å². The number of fused-ring (bicyclic) bond motifs is 1. The SMILES string of the molecule is COCC(=O)N1Cc2cccn2CC(Oc2ncccc2F)C1.O=C(O)C(F)(F)F. The van der Waals surface area contributed by atoms with Crippen molar-refractivity contribution in [3.8, 4) is 5.88 Å². The Morgan fingerprint density at radius 3 is 2.57 bits per heavy atom. The van der Waals surface area contributed by atoms with Crippen LogP contribution in [0.15, 0.2) is 36.7 Å². The molecule has 2 aromatic rings. The summed E-state index contributed by atoms with van der Waals surface area (Å²) in [5, 5.41) is 7.12. The Balaban J connectivity index is 0.000000396. The van der Waals surface area contributed by atoms with E-state index in [-0.39, 0.29) is 18.4 Å². The summed E-state index contributed by atoms with van der Waals surface area (Å²) in [7, 11) is 1.48. The van der Waals surface area contributed by atoms with Gasteiger partial charge in [-0.3, -0.25) is 4.79 Å². The molecule has 8 nitrogen and oxygen atoms in total. The summed E-state index contributed by atoms with van der Waals surface area (Å²) in [5.41, 5.74) is 1.00. The molecule has 3 heterocycles. The number of hydrogen-bond donors (Lipinski definition) is 1. The summed E-state index contributed by atoms with van der Waals surface area (Å²) in [4.78, 5) is 26.7. The van der Waals surface area contributed by atoms with Crippen LogP contribution in [0.25, 0.3) is 0 Å². The zero-order valence-electron chi connectivity index (χ0n) is 15.8. The molecule has 0 spiro atoms. The average Bonchev–Trinajstić information content (AvgIpc) is 3.02. The lowest BCUT2D eigenvalue weighted by atomic mass is 10.3. The van der Waals surface area contributed by atoms with E-state index in [1.807, 2.05) is 22.9 Å². The zero-order valence-corrected chi connectivity index (χ0v) is 15.8. The van der Waals surface area contributed by atoms with Crippen molar-refractivity contribution in [3.05, 3.63) is 48.2 Å². The number of pyridine rings is 1. The maximum absolute atomic E-state index is 13.8. The highest BCUT2D eigenvalue weighted by Crippen LogP contribution is 2.19. The molecular formula is C18H19F4N3O5. The van der Waals surface area contributed by atoms with Gasteiger partial charge >= 0.3 is 12.1 Å². The Bertz CT molecular complexity index is 872. The van der Waals surface area contributed by atoms with E-state index in [2.05, 4.69) is 4.98 Å². The van der Waals surface area contributed by atoms with Gasteiger partial charge in [0.15, 0.2) is 5.82 Å². The fraction of sp³-hybridized carbons (Fsp3) is 0.389. The van der Waals surface area contributed by atoms with Gasteiger partial charge in [0.1, 0.15) is 12.7 Å². The van der Waals surface area contributed by atoms with Gasteiger partial charge in [0.05, 0.1) is 19.6 Å². The molecule has 1 amide bonds. The number of amides is 1. The number of hydrogen-bond acceptors (Lipinski definition) is 5. The number of ether oxygens (including phenoxy) is 2. The Morgan fingerprint density at radius 2 is 1.97 bits per heavy atom. The molecule has 0 radical (unpaired) electrons. The topological polar surface area (TPSA) is 93.9 Å². The summed E-state index contributed by atoms with van der Waals surface area (Å²) < 4.78 is 58.1. The number of rotatable bonds is 4. The Kier molecular flexibility index (Phi) is 7.75. The van der Waals surface area contributed by atoms with Crippen molar-refractivity contribution >= 4 is 11.9 Å². The highest BCUT2D eigenvalue weighted by atomic mass is 19.4. The first-order valence-corrected chi connectivity index (χ1v) is 8.59. The molecule has 0 fully saturated rings. The minimum absolute atomic E-state index is 0.00533.